The van der Waals surface area contributed by atoms with E-state index in [9.17, 15) is 0 Å². The minimum absolute atomic E-state index is 0.142. The second kappa shape index (κ2) is 5.69. The van der Waals surface area contributed by atoms with Gasteiger partial charge in [0.05, 0.1) is 12.7 Å². The van der Waals surface area contributed by atoms with Crippen LogP contribution in [0.25, 0.3) is 0 Å². The van der Waals surface area contributed by atoms with Gasteiger partial charge in [0.2, 0.25) is 0 Å². The summed E-state index contributed by atoms with van der Waals surface area (Å²) in [5.41, 5.74) is -0.142. The van der Waals surface area contributed by atoms with E-state index in [-0.39, 0.29) is 12.1 Å². The van der Waals surface area contributed by atoms with E-state index in [4.69, 9.17) is 9.84 Å². The van der Waals surface area contributed by atoms with Crippen LogP contribution in [-0.4, -0.2) is 36.5 Å². The summed E-state index contributed by atoms with van der Waals surface area (Å²) in [5.74, 6) is 0. The van der Waals surface area contributed by atoms with Gasteiger partial charge in [-0.1, -0.05) is 0 Å². The maximum absolute atomic E-state index is 9.02. The Morgan fingerprint density at radius 1 is 1.50 bits per heavy atom. The molecule has 1 atom stereocenters. The van der Waals surface area contributed by atoms with Crippen molar-refractivity contribution >= 4 is 0 Å². The first-order valence-electron chi connectivity index (χ1n) is 5.61. The molecule has 2 N–H and O–H groups in total. The zero-order valence-electron chi connectivity index (χ0n) is 9.38. The fraction of sp³-hybridized carbons (Fsp3) is 1.00. The Labute approximate surface area is 86.8 Å². The molecule has 14 heavy (non-hydrogen) atoms. The van der Waals surface area contributed by atoms with E-state index in [1.54, 1.807) is 0 Å². The summed E-state index contributed by atoms with van der Waals surface area (Å²) >= 11 is 0. The van der Waals surface area contributed by atoms with Crippen molar-refractivity contribution in [2.45, 2.75) is 51.2 Å². The summed E-state index contributed by atoms with van der Waals surface area (Å²) in [5, 5.41) is 12.3. The van der Waals surface area contributed by atoms with Crippen LogP contribution in [-0.2, 0) is 4.74 Å². The number of aliphatic hydroxyl groups excluding tert-OH is 1. The largest absolute Gasteiger partial charge is 0.394 e. The molecule has 1 aliphatic rings. The maximum atomic E-state index is 9.02. The van der Waals surface area contributed by atoms with E-state index in [0.29, 0.717) is 6.10 Å². The van der Waals surface area contributed by atoms with Crippen LogP contribution in [0.1, 0.15) is 39.5 Å². The van der Waals surface area contributed by atoms with Gasteiger partial charge in [0.15, 0.2) is 0 Å². The van der Waals surface area contributed by atoms with Gasteiger partial charge in [-0.25, -0.2) is 0 Å². The number of nitrogens with one attached hydrogen (secondary N) is 1. The molecular formula is C11H23NO2. The molecule has 0 saturated carbocycles. The van der Waals surface area contributed by atoms with E-state index in [1.165, 1.54) is 12.8 Å². The van der Waals surface area contributed by atoms with Crippen molar-refractivity contribution in [1.82, 2.24) is 5.32 Å². The Morgan fingerprint density at radius 2 is 2.29 bits per heavy atom. The zero-order chi connectivity index (χ0) is 10.4. The molecule has 84 valence electrons. The highest BCUT2D eigenvalue weighted by atomic mass is 16.5. The van der Waals surface area contributed by atoms with Crippen LogP contribution < -0.4 is 5.32 Å². The quantitative estimate of drug-likeness (QED) is 0.637. The van der Waals surface area contributed by atoms with Crippen LogP contribution >= 0.6 is 0 Å². The summed E-state index contributed by atoms with van der Waals surface area (Å²) < 4.78 is 5.53. The molecular weight excluding hydrogens is 178 g/mol. The number of hydrogen-bond donors (Lipinski definition) is 2. The fourth-order valence-corrected chi connectivity index (χ4v) is 1.68. The summed E-state index contributed by atoms with van der Waals surface area (Å²) in [6.45, 7) is 6.12. The molecule has 0 aromatic carbocycles. The average molecular weight is 201 g/mol. The first-order valence-corrected chi connectivity index (χ1v) is 5.61. The Balaban J connectivity index is 1.98. The van der Waals surface area contributed by atoms with Crippen LogP contribution in [0.4, 0.5) is 0 Å². The van der Waals surface area contributed by atoms with Gasteiger partial charge in [0.1, 0.15) is 0 Å². The zero-order valence-corrected chi connectivity index (χ0v) is 9.38. The standard InChI is InChI=1S/C11H23NO2/c1-11(2,9-13)12-7-3-5-10-6-4-8-14-10/h10,12-13H,3-9H2,1-2H3. The summed E-state index contributed by atoms with van der Waals surface area (Å²) in [6, 6.07) is 0. The number of aliphatic hydroxyl groups is 1. The van der Waals surface area contributed by atoms with Crippen LogP contribution in [0.15, 0.2) is 0 Å². The van der Waals surface area contributed by atoms with Crippen LogP contribution in [0, 0.1) is 0 Å². The summed E-state index contributed by atoms with van der Waals surface area (Å²) in [7, 11) is 0. The number of ether oxygens (including phenoxy) is 1. The van der Waals surface area contributed by atoms with Crippen molar-refractivity contribution in [3.05, 3.63) is 0 Å². The lowest BCUT2D eigenvalue weighted by molar-refractivity contribution is 0.101. The van der Waals surface area contributed by atoms with E-state index in [0.717, 1.165) is 26.0 Å². The normalized spacial score (nSPS) is 22.9. The molecule has 1 heterocycles. The van der Waals surface area contributed by atoms with Gasteiger partial charge < -0.3 is 15.2 Å². The van der Waals surface area contributed by atoms with Crippen molar-refractivity contribution in [2.75, 3.05) is 19.8 Å². The molecule has 0 amide bonds. The lowest BCUT2D eigenvalue weighted by atomic mass is 10.1. The average Bonchev–Trinajstić information content (AvgIpc) is 2.65. The van der Waals surface area contributed by atoms with Crippen molar-refractivity contribution in [1.29, 1.82) is 0 Å². The number of rotatable bonds is 6. The Bertz CT molecular complexity index is 153. The van der Waals surface area contributed by atoms with Gasteiger partial charge in [0.25, 0.3) is 0 Å². The number of hydrogen-bond acceptors (Lipinski definition) is 3. The molecule has 3 heteroatoms. The van der Waals surface area contributed by atoms with Gasteiger partial charge in [-0.15, -0.1) is 0 Å². The fourth-order valence-electron chi connectivity index (χ4n) is 1.68. The topological polar surface area (TPSA) is 41.5 Å². The Morgan fingerprint density at radius 3 is 2.86 bits per heavy atom. The van der Waals surface area contributed by atoms with Crippen LogP contribution in [0.2, 0.25) is 0 Å². The molecule has 0 aliphatic carbocycles. The lowest BCUT2D eigenvalue weighted by Gasteiger charge is -2.23. The maximum Gasteiger partial charge on any atom is 0.0607 e. The SMILES string of the molecule is CC(C)(CO)NCCCC1CCCO1. The minimum atomic E-state index is -0.142. The third kappa shape index (κ3) is 4.40. The summed E-state index contributed by atoms with van der Waals surface area (Å²) in [4.78, 5) is 0. The molecule has 0 radical (unpaired) electrons. The predicted molar refractivity (Wildman–Crippen MR) is 57.4 cm³/mol. The Hall–Kier alpha value is -0.120. The van der Waals surface area contributed by atoms with Crippen LogP contribution in [0.5, 0.6) is 0 Å². The first kappa shape index (κ1) is 12.0. The molecule has 3 nitrogen and oxygen atoms in total. The molecule has 0 spiro atoms. The Kier molecular flexibility index (Phi) is 4.85. The molecule has 1 fully saturated rings. The van der Waals surface area contributed by atoms with Gasteiger partial charge >= 0.3 is 0 Å². The molecule has 1 aliphatic heterocycles. The van der Waals surface area contributed by atoms with Gasteiger partial charge in [-0.05, 0) is 46.1 Å². The van der Waals surface area contributed by atoms with Crippen molar-refractivity contribution < 1.29 is 9.84 Å². The third-order valence-electron chi connectivity index (χ3n) is 2.73. The second-order valence-electron chi connectivity index (χ2n) is 4.75. The van der Waals surface area contributed by atoms with E-state index >= 15 is 0 Å². The highest BCUT2D eigenvalue weighted by molar-refractivity contribution is 4.76. The molecule has 0 bridgehead atoms. The van der Waals surface area contributed by atoms with Crippen molar-refractivity contribution in [3.63, 3.8) is 0 Å². The monoisotopic (exact) mass is 201 g/mol. The molecule has 0 aromatic heterocycles. The molecule has 1 unspecified atom stereocenters. The molecule has 1 rings (SSSR count). The molecule has 0 aromatic rings. The van der Waals surface area contributed by atoms with Gasteiger partial charge in [-0.3, -0.25) is 0 Å². The predicted octanol–water partition coefficient (Wildman–Crippen LogP) is 1.31. The smallest absolute Gasteiger partial charge is 0.0607 e. The third-order valence-corrected chi connectivity index (χ3v) is 2.73. The second-order valence-corrected chi connectivity index (χ2v) is 4.75. The van der Waals surface area contributed by atoms with E-state index in [1.807, 2.05) is 13.8 Å². The summed E-state index contributed by atoms with van der Waals surface area (Å²) in [6.07, 6.45) is 5.22. The minimum Gasteiger partial charge on any atom is -0.394 e. The highest BCUT2D eigenvalue weighted by Gasteiger charge is 2.17. The van der Waals surface area contributed by atoms with Crippen LogP contribution in [0.3, 0.4) is 0 Å². The van der Waals surface area contributed by atoms with E-state index in [2.05, 4.69) is 5.32 Å². The van der Waals surface area contributed by atoms with Crippen molar-refractivity contribution in [3.8, 4) is 0 Å². The molecule has 1 saturated heterocycles. The van der Waals surface area contributed by atoms with Crippen molar-refractivity contribution in [2.24, 2.45) is 0 Å². The van der Waals surface area contributed by atoms with Gasteiger partial charge in [-0.2, -0.15) is 0 Å². The lowest BCUT2D eigenvalue weighted by Crippen LogP contribution is -2.43. The highest BCUT2D eigenvalue weighted by Crippen LogP contribution is 2.16. The first-order chi connectivity index (χ1) is 6.64. The van der Waals surface area contributed by atoms with Gasteiger partial charge in [0, 0.05) is 12.1 Å². The van der Waals surface area contributed by atoms with E-state index < -0.39 is 0 Å².